The van der Waals surface area contributed by atoms with Gasteiger partial charge in [0.15, 0.2) is 11.5 Å². The predicted molar refractivity (Wildman–Crippen MR) is 114 cm³/mol. The number of hydrogen-bond acceptors (Lipinski definition) is 5. The van der Waals surface area contributed by atoms with Crippen LogP contribution in [0.4, 0.5) is 0 Å². The van der Waals surface area contributed by atoms with Crippen LogP contribution in [0.1, 0.15) is 31.9 Å². The van der Waals surface area contributed by atoms with Gasteiger partial charge in [0, 0.05) is 11.8 Å². The highest BCUT2D eigenvalue weighted by Crippen LogP contribution is 2.34. The highest BCUT2D eigenvalue weighted by atomic mass is 16.5. The van der Waals surface area contributed by atoms with Crippen molar-refractivity contribution in [3.63, 3.8) is 0 Å². The first-order valence-electron chi connectivity index (χ1n) is 10.2. The molecule has 0 aliphatic carbocycles. The molecular formula is C23H25N3O4. The zero-order chi connectivity index (χ0) is 21.1. The molecular weight excluding hydrogens is 382 g/mol. The van der Waals surface area contributed by atoms with E-state index in [1.807, 2.05) is 24.3 Å². The molecule has 1 amide bonds. The second-order valence-electron chi connectivity index (χ2n) is 7.73. The second-order valence-corrected chi connectivity index (χ2v) is 7.73. The normalized spacial score (nSPS) is 14.4. The second kappa shape index (κ2) is 8.57. The third-order valence-corrected chi connectivity index (χ3v) is 5.17. The first-order chi connectivity index (χ1) is 14.5. The van der Waals surface area contributed by atoms with Gasteiger partial charge >= 0.3 is 0 Å². The van der Waals surface area contributed by atoms with Gasteiger partial charge in [0.05, 0.1) is 31.0 Å². The van der Waals surface area contributed by atoms with E-state index in [2.05, 4.69) is 24.3 Å². The Morgan fingerprint density at radius 2 is 1.90 bits per heavy atom. The van der Waals surface area contributed by atoms with Crippen molar-refractivity contribution in [2.75, 3.05) is 13.2 Å². The third-order valence-electron chi connectivity index (χ3n) is 5.17. The van der Waals surface area contributed by atoms with Crippen molar-refractivity contribution < 1.29 is 14.3 Å². The van der Waals surface area contributed by atoms with E-state index in [1.54, 1.807) is 22.9 Å². The molecule has 0 bridgehead atoms. The van der Waals surface area contributed by atoms with E-state index < -0.39 is 0 Å². The number of nitrogens with zero attached hydrogens (tertiary/aromatic N) is 2. The Hall–Kier alpha value is -3.35. The first kappa shape index (κ1) is 19.9. The van der Waals surface area contributed by atoms with Gasteiger partial charge in [-0.1, -0.05) is 32.0 Å². The maximum Gasteiger partial charge on any atom is 0.242 e. The Bertz CT molecular complexity index is 1120. The van der Waals surface area contributed by atoms with Crippen molar-refractivity contribution in [2.24, 2.45) is 5.92 Å². The summed E-state index contributed by atoms with van der Waals surface area (Å²) in [6, 6.07) is 12.8. The molecule has 1 aliphatic rings. The van der Waals surface area contributed by atoms with Crippen LogP contribution in [0.25, 0.3) is 10.9 Å². The number of ether oxygens (including phenoxy) is 2. The van der Waals surface area contributed by atoms with Gasteiger partial charge in [0.1, 0.15) is 6.54 Å². The molecule has 2 aromatic carbocycles. The Morgan fingerprint density at radius 3 is 2.70 bits per heavy atom. The van der Waals surface area contributed by atoms with Gasteiger partial charge in [-0.2, -0.15) is 5.10 Å². The Balaban J connectivity index is 1.56. The molecule has 156 valence electrons. The van der Waals surface area contributed by atoms with Crippen LogP contribution in [-0.2, 0) is 11.3 Å². The molecule has 0 spiro atoms. The number of hydrogen-bond donors (Lipinski definition) is 1. The summed E-state index contributed by atoms with van der Waals surface area (Å²) in [4.78, 5) is 24.9. The molecule has 0 fully saturated rings. The summed E-state index contributed by atoms with van der Waals surface area (Å²) in [5.74, 6) is 1.42. The molecule has 0 unspecified atom stereocenters. The SMILES string of the molecule is CC(C)[C@@H](NC(=O)Cn1ncc(=O)c2ccccc21)c1ccc2c(c1)OCCCO2. The molecule has 4 rings (SSSR count). The zero-order valence-electron chi connectivity index (χ0n) is 17.1. The van der Waals surface area contributed by atoms with Gasteiger partial charge in [0.25, 0.3) is 0 Å². The minimum Gasteiger partial charge on any atom is -0.490 e. The van der Waals surface area contributed by atoms with Crippen molar-refractivity contribution in [3.05, 3.63) is 64.4 Å². The Morgan fingerprint density at radius 1 is 1.13 bits per heavy atom. The summed E-state index contributed by atoms with van der Waals surface area (Å²) >= 11 is 0. The predicted octanol–water partition coefficient (Wildman–Crippen LogP) is 3.07. The van der Waals surface area contributed by atoms with E-state index in [0.717, 1.165) is 17.7 Å². The van der Waals surface area contributed by atoms with Gasteiger partial charge in [-0.25, -0.2) is 0 Å². The van der Waals surface area contributed by atoms with E-state index >= 15 is 0 Å². The monoisotopic (exact) mass is 407 g/mol. The number of amides is 1. The molecule has 1 aliphatic heterocycles. The summed E-state index contributed by atoms with van der Waals surface area (Å²) < 4.78 is 13.1. The number of carbonyl (C=O) groups is 1. The smallest absolute Gasteiger partial charge is 0.242 e. The fourth-order valence-corrected chi connectivity index (χ4v) is 3.65. The van der Waals surface area contributed by atoms with Crippen molar-refractivity contribution in [3.8, 4) is 11.5 Å². The van der Waals surface area contributed by atoms with Crippen molar-refractivity contribution in [1.29, 1.82) is 0 Å². The number of carbonyl (C=O) groups excluding carboxylic acids is 1. The summed E-state index contributed by atoms with van der Waals surface area (Å²) in [7, 11) is 0. The van der Waals surface area contributed by atoms with Gasteiger partial charge in [-0.05, 0) is 35.7 Å². The van der Waals surface area contributed by atoms with Crippen LogP contribution < -0.4 is 20.2 Å². The highest BCUT2D eigenvalue weighted by Gasteiger charge is 2.21. The number of benzene rings is 2. The van der Waals surface area contributed by atoms with E-state index in [1.165, 1.54) is 6.20 Å². The summed E-state index contributed by atoms with van der Waals surface area (Å²) in [5, 5.41) is 7.80. The number of rotatable bonds is 5. The maximum absolute atomic E-state index is 12.9. The Kier molecular flexibility index (Phi) is 5.70. The molecule has 0 saturated heterocycles. The quantitative estimate of drug-likeness (QED) is 0.703. The summed E-state index contributed by atoms with van der Waals surface area (Å²) in [6.45, 7) is 5.38. The minimum atomic E-state index is -0.194. The topological polar surface area (TPSA) is 82.5 Å². The first-order valence-corrected chi connectivity index (χ1v) is 10.2. The standard InChI is InChI=1S/C23H25N3O4/c1-15(2)23(16-8-9-20-21(12-16)30-11-5-10-29-20)25-22(28)14-26-18-7-4-3-6-17(18)19(27)13-24-26/h3-4,6-9,12-13,15,23H,5,10-11,14H2,1-2H3,(H,25,28)/t23-/m1/s1. The van der Waals surface area contributed by atoms with Crippen LogP contribution in [-0.4, -0.2) is 28.9 Å². The lowest BCUT2D eigenvalue weighted by atomic mass is 9.95. The lowest BCUT2D eigenvalue weighted by Gasteiger charge is -2.24. The lowest BCUT2D eigenvalue weighted by molar-refractivity contribution is -0.122. The Labute approximate surface area is 174 Å². The largest absolute Gasteiger partial charge is 0.490 e. The zero-order valence-corrected chi connectivity index (χ0v) is 17.1. The lowest BCUT2D eigenvalue weighted by Crippen LogP contribution is -2.35. The molecule has 30 heavy (non-hydrogen) atoms. The number of fused-ring (bicyclic) bond motifs is 2. The van der Waals surface area contributed by atoms with Gasteiger partial charge in [-0.3, -0.25) is 14.3 Å². The molecule has 7 heteroatoms. The molecule has 1 aromatic heterocycles. The van der Waals surface area contributed by atoms with Gasteiger partial charge in [0.2, 0.25) is 11.3 Å². The van der Waals surface area contributed by atoms with Crippen molar-refractivity contribution in [2.45, 2.75) is 32.9 Å². The van der Waals surface area contributed by atoms with E-state index in [4.69, 9.17) is 9.47 Å². The molecule has 7 nitrogen and oxygen atoms in total. The van der Waals surface area contributed by atoms with E-state index in [0.29, 0.717) is 29.9 Å². The maximum atomic E-state index is 12.9. The fraction of sp³-hybridized carbons (Fsp3) is 0.348. The summed E-state index contributed by atoms with van der Waals surface area (Å²) in [6.07, 6.45) is 2.09. The van der Waals surface area contributed by atoms with Crippen molar-refractivity contribution >= 4 is 16.8 Å². The van der Waals surface area contributed by atoms with Gasteiger partial charge in [-0.15, -0.1) is 0 Å². The highest BCUT2D eigenvalue weighted by molar-refractivity contribution is 5.81. The molecule has 1 atom stereocenters. The van der Waals surface area contributed by atoms with Crippen molar-refractivity contribution in [1.82, 2.24) is 15.1 Å². The molecule has 0 radical (unpaired) electrons. The van der Waals surface area contributed by atoms with Crippen LogP contribution >= 0.6 is 0 Å². The van der Waals surface area contributed by atoms with Crippen LogP contribution in [0.15, 0.2) is 53.5 Å². The number of para-hydroxylation sites is 1. The number of nitrogens with one attached hydrogen (secondary N) is 1. The van der Waals surface area contributed by atoms with E-state index in [9.17, 15) is 9.59 Å². The molecule has 2 heterocycles. The van der Waals surface area contributed by atoms with Crippen LogP contribution in [0.2, 0.25) is 0 Å². The molecule has 3 aromatic rings. The number of aromatic nitrogens is 2. The fourth-order valence-electron chi connectivity index (χ4n) is 3.65. The van der Waals surface area contributed by atoms with E-state index in [-0.39, 0.29) is 29.8 Å². The van der Waals surface area contributed by atoms with Crippen LogP contribution in [0.5, 0.6) is 11.5 Å². The van der Waals surface area contributed by atoms with Crippen LogP contribution in [0, 0.1) is 5.92 Å². The van der Waals surface area contributed by atoms with Crippen LogP contribution in [0.3, 0.4) is 0 Å². The summed E-state index contributed by atoms with van der Waals surface area (Å²) in [5.41, 5.74) is 1.44. The average molecular weight is 407 g/mol. The average Bonchev–Trinajstić information content (AvgIpc) is 2.99. The molecule has 0 saturated carbocycles. The minimum absolute atomic E-state index is 0.0224. The molecule has 1 N–H and O–H groups in total. The third kappa shape index (κ3) is 4.15. The van der Waals surface area contributed by atoms with Gasteiger partial charge < -0.3 is 14.8 Å².